The summed E-state index contributed by atoms with van der Waals surface area (Å²) >= 11 is 1.57. The predicted molar refractivity (Wildman–Crippen MR) is 96.6 cm³/mol. The highest BCUT2D eigenvalue weighted by atomic mass is 32.2. The van der Waals surface area contributed by atoms with Crippen LogP contribution in [0.3, 0.4) is 0 Å². The van der Waals surface area contributed by atoms with Crippen LogP contribution in [-0.4, -0.2) is 61.1 Å². The molecule has 1 atom stereocenters. The van der Waals surface area contributed by atoms with E-state index in [1.54, 1.807) is 16.7 Å². The summed E-state index contributed by atoms with van der Waals surface area (Å²) in [5.74, 6) is 0.635. The average Bonchev–Trinajstić information content (AvgIpc) is 2.61. The van der Waals surface area contributed by atoms with Crippen LogP contribution in [0, 0.1) is 6.92 Å². The average molecular weight is 348 g/mol. The molecule has 130 valence electrons. The lowest BCUT2D eigenvalue weighted by Gasteiger charge is -2.35. The van der Waals surface area contributed by atoms with Crippen molar-refractivity contribution in [2.75, 3.05) is 43.9 Å². The van der Waals surface area contributed by atoms with Gasteiger partial charge in [0.2, 0.25) is 5.91 Å². The van der Waals surface area contributed by atoms with Gasteiger partial charge in [0.15, 0.2) is 0 Å². The molecule has 0 bridgehead atoms. The maximum Gasteiger partial charge on any atom is 0.320 e. The highest BCUT2D eigenvalue weighted by Crippen LogP contribution is 2.28. The van der Waals surface area contributed by atoms with Crippen LogP contribution in [-0.2, 0) is 20.7 Å². The minimum Gasteiger partial charge on any atom is -0.468 e. The van der Waals surface area contributed by atoms with Crippen LogP contribution in [0.4, 0.5) is 5.69 Å². The van der Waals surface area contributed by atoms with Gasteiger partial charge in [0.1, 0.15) is 5.25 Å². The predicted octanol–water partition coefficient (Wildman–Crippen LogP) is 1.86. The molecule has 2 aliphatic heterocycles. The number of amides is 1. The van der Waals surface area contributed by atoms with E-state index in [9.17, 15) is 9.59 Å². The molecule has 1 amide bonds. The van der Waals surface area contributed by atoms with Gasteiger partial charge in [0.05, 0.1) is 13.7 Å². The van der Waals surface area contributed by atoms with Gasteiger partial charge in [-0.1, -0.05) is 17.7 Å². The number of fused-ring (bicyclic) bond motifs is 1. The number of hydrogen-bond acceptors (Lipinski definition) is 5. The van der Waals surface area contributed by atoms with Crippen LogP contribution in [0.25, 0.3) is 0 Å². The number of benzene rings is 1. The van der Waals surface area contributed by atoms with Gasteiger partial charge in [-0.2, -0.15) is 0 Å². The molecule has 0 unspecified atom stereocenters. The summed E-state index contributed by atoms with van der Waals surface area (Å²) in [6.07, 6.45) is 2.15. The molecule has 6 heteroatoms. The number of carbonyl (C=O) groups is 2. The summed E-state index contributed by atoms with van der Waals surface area (Å²) < 4.78 is 4.82. The fraction of sp³-hybridized carbons (Fsp3) is 0.556. The number of esters is 1. The number of methoxy groups -OCH3 is 1. The number of aryl methyl sites for hydroxylation is 2. The van der Waals surface area contributed by atoms with Crippen LogP contribution >= 0.6 is 11.8 Å². The maximum atomic E-state index is 12.7. The molecule has 1 aromatic rings. The van der Waals surface area contributed by atoms with Crippen molar-refractivity contribution < 1.29 is 14.3 Å². The monoisotopic (exact) mass is 348 g/mol. The molecule has 0 aliphatic carbocycles. The molecular formula is C18H24N2O3S. The molecule has 2 heterocycles. The van der Waals surface area contributed by atoms with Crippen LogP contribution in [0.15, 0.2) is 18.2 Å². The van der Waals surface area contributed by atoms with Crippen LogP contribution in [0.1, 0.15) is 17.5 Å². The molecule has 1 saturated heterocycles. The molecule has 3 rings (SSSR count). The van der Waals surface area contributed by atoms with Crippen LogP contribution < -0.4 is 4.90 Å². The van der Waals surface area contributed by atoms with Gasteiger partial charge < -0.3 is 14.5 Å². The van der Waals surface area contributed by atoms with Crippen molar-refractivity contribution in [1.29, 1.82) is 0 Å². The smallest absolute Gasteiger partial charge is 0.320 e. The summed E-state index contributed by atoms with van der Waals surface area (Å²) in [5, 5.41) is -0.260. The summed E-state index contributed by atoms with van der Waals surface area (Å²) in [6.45, 7) is 4.54. The highest BCUT2D eigenvalue weighted by Gasteiger charge is 2.30. The Morgan fingerprint density at radius 1 is 1.33 bits per heavy atom. The Labute approximate surface area is 147 Å². The second-order valence-corrected chi connectivity index (χ2v) is 7.69. The maximum absolute atomic E-state index is 12.7. The third-order valence-corrected chi connectivity index (χ3v) is 5.82. The zero-order valence-electron chi connectivity index (χ0n) is 14.3. The summed E-state index contributed by atoms with van der Waals surface area (Å²) in [6, 6.07) is 6.45. The number of rotatable bonds is 3. The van der Waals surface area contributed by atoms with E-state index in [2.05, 4.69) is 30.0 Å². The molecule has 0 spiro atoms. The van der Waals surface area contributed by atoms with E-state index < -0.39 is 0 Å². The molecule has 24 heavy (non-hydrogen) atoms. The van der Waals surface area contributed by atoms with E-state index in [0.29, 0.717) is 19.6 Å². The van der Waals surface area contributed by atoms with Crippen molar-refractivity contribution in [3.05, 3.63) is 29.3 Å². The van der Waals surface area contributed by atoms with Crippen molar-refractivity contribution in [2.45, 2.75) is 25.0 Å². The Morgan fingerprint density at radius 3 is 2.96 bits per heavy atom. The van der Waals surface area contributed by atoms with Crippen molar-refractivity contribution in [3.8, 4) is 0 Å². The topological polar surface area (TPSA) is 49.9 Å². The van der Waals surface area contributed by atoms with Crippen LogP contribution in [0.2, 0.25) is 0 Å². The standard InChI is InChI=1S/C18H24N2O3S/c1-13-5-6-15-14(10-13)4-3-7-19(15)12-17(21)20-8-9-24-16(11-20)18(22)23-2/h5-6,10,16H,3-4,7-9,11-12H2,1-2H3/t16-/m0/s1. The largest absolute Gasteiger partial charge is 0.468 e. The van der Waals surface area contributed by atoms with Crippen molar-refractivity contribution >= 4 is 29.3 Å². The number of ether oxygens (including phenoxy) is 1. The molecule has 1 aromatic carbocycles. The quantitative estimate of drug-likeness (QED) is 0.781. The van der Waals surface area contributed by atoms with Crippen LogP contribution in [0.5, 0.6) is 0 Å². The number of hydrogen-bond donors (Lipinski definition) is 0. The minimum absolute atomic E-state index is 0.0950. The third-order valence-electron chi connectivity index (χ3n) is 4.66. The molecular weight excluding hydrogens is 324 g/mol. The molecule has 5 nitrogen and oxygen atoms in total. The van der Waals surface area contributed by atoms with Gasteiger partial charge >= 0.3 is 5.97 Å². The first-order chi connectivity index (χ1) is 11.6. The highest BCUT2D eigenvalue weighted by molar-refractivity contribution is 8.00. The lowest BCUT2D eigenvalue weighted by molar-refractivity contribution is -0.141. The van der Waals surface area contributed by atoms with E-state index in [0.717, 1.165) is 25.1 Å². The number of carbonyl (C=O) groups excluding carboxylic acids is 2. The van der Waals surface area contributed by atoms with Gasteiger partial charge in [0, 0.05) is 31.1 Å². The van der Waals surface area contributed by atoms with Gasteiger partial charge in [-0.3, -0.25) is 9.59 Å². The first-order valence-electron chi connectivity index (χ1n) is 8.40. The van der Waals surface area contributed by atoms with E-state index in [1.165, 1.54) is 23.9 Å². The van der Waals surface area contributed by atoms with Crippen molar-refractivity contribution in [1.82, 2.24) is 4.90 Å². The van der Waals surface area contributed by atoms with Gasteiger partial charge in [-0.05, 0) is 31.4 Å². The normalized spacial score (nSPS) is 20.5. The summed E-state index contributed by atoms with van der Waals surface area (Å²) in [4.78, 5) is 28.4. The Bertz CT molecular complexity index is 635. The third kappa shape index (κ3) is 3.69. The fourth-order valence-corrected chi connectivity index (χ4v) is 4.51. The van der Waals surface area contributed by atoms with Gasteiger partial charge in [-0.15, -0.1) is 11.8 Å². The number of anilines is 1. The Morgan fingerprint density at radius 2 is 2.17 bits per heavy atom. The molecule has 2 aliphatic rings. The summed E-state index contributed by atoms with van der Waals surface area (Å²) in [5.41, 5.74) is 3.77. The number of nitrogens with zero attached hydrogens (tertiary/aromatic N) is 2. The lowest BCUT2D eigenvalue weighted by atomic mass is 9.99. The fourth-order valence-electron chi connectivity index (χ4n) is 3.38. The molecule has 0 radical (unpaired) electrons. The zero-order chi connectivity index (χ0) is 17.1. The SMILES string of the molecule is COC(=O)[C@@H]1CN(C(=O)CN2CCCc3cc(C)ccc32)CCS1. The van der Waals surface area contributed by atoms with Crippen molar-refractivity contribution in [2.24, 2.45) is 0 Å². The first-order valence-corrected chi connectivity index (χ1v) is 9.45. The van der Waals surface area contributed by atoms with E-state index in [-0.39, 0.29) is 17.1 Å². The Kier molecular flexibility index (Phi) is 5.33. The Balaban J connectivity index is 1.66. The van der Waals surface area contributed by atoms with E-state index >= 15 is 0 Å². The molecule has 0 aromatic heterocycles. The van der Waals surface area contributed by atoms with Gasteiger partial charge in [-0.25, -0.2) is 0 Å². The van der Waals surface area contributed by atoms with Gasteiger partial charge in [0.25, 0.3) is 0 Å². The Hall–Kier alpha value is -1.69. The molecule has 0 saturated carbocycles. The zero-order valence-corrected chi connectivity index (χ0v) is 15.1. The van der Waals surface area contributed by atoms with E-state index in [4.69, 9.17) is 4.74 Å². The second-order valence-electron chi connectivity index (χ2n) is 6.38. The summed E-state index contributed by atoms with van der Waals surface area (Å²) in [7, 11) is 1.40. The first kappa shape index (κ1) is 17.1. The number of thioether (sulfide) groups is 1. The lowest BCUT2D eigenvalue weighted by Crippen LogP contribution is -2.49. The molecule has 1 fully saturated rings. The van der Waals surface area contributed by atoms with Crippen molar-refractivity contribution in [3.63, 3.8) is 0 Å². The second kappa shape index (κ2) is 7.47. The molecule has 0 N–H and O–H groups in total. The van der Waals surface area contributed by atoms with E-state index in [1.807, 2.05) is 0 Å². The minimum atomic E-state index is -0.260.